The lowest BCUT2D eigenvalue weighted by Crippen LogP contribution is -2.54. The maximum absolute atomic E-state index is 12.6. The van der Waals surface area contributed by atoms with Crippen LogP contribution >= 0.6 is 11.3 Å². The van der Waals surface area contributed by atoms with Crippen molar-refractivity contribution >= 4 is 40.3 Å². The second-order valence-electron chi connectivity index (χ2n) is 17.7. The fourth-order valence-electron chi connectivity index (χ4n) is 9.13. The summed E-state index contributed by atoms with van der Waals surface area (Å²) in [7, 11) is 2.16. The van der Waals surface area contributed by atoms with Gasteiger partial charge in [0.1, 0.15) is 11.4 Å². The number of para-hydroxylation sites is 1. The van der Waals surface area contributed by atoms with Gasteiger partial charge in [0.25, 0.3) is 0 Å². The van der Waals surface area contributed by atoms with Gasteiger partial charge in [-0.2, -0.15) is 0 Å². The number of nitrogen functional groups attached to an aromatic ring is 1. The van der Waals surface area contributed by atoms with Crippen LogP contribution in [0.2, 0.25) is 0 Å². The Morgan fingerprint density at radius 2 is 1.70 bits per heavy atom. The zero-order valence-corrected chi connectivity index (χ0v) is 37.0. The summed E-state index contributed by atoms with van der Waals surface area (Å²) in [4.78, 5) is 30.7. The highest BCUT2D eigenvalue weighted by molar-refractivity contribution is 7.13. The normalized spacial score (nSPS) is 18.4. The molecule has 8 rings (SSSR count). The molecule has 0 aliphatic carbocycles. The fourth-order valence-corrected chi connectivity index (χ4v) is 9.93. The number of aryl methyl sites for hydroxylation is 1. The van der Waals surface area contributed by atoms with Crippen LogP contribution in [0.3, 0.4) is 0 Å². The summed E-state index contributed by atoms with van der Waals surface area (Å²) in [5.41, 5.74) is 16.8. The molecule has 3 fully saturated rings. The molecule has 0 spiro atoms. The number of piperazine rings is 2. The van der Waals surface area contributed by atoms with Crippen molar-refractivity contribution in [3.8, 4) is 27.4 Å². The number of carbonyl (C=O) groups excluding carboxylic acids is 1. The molecule has 4 N–H and O–H groups in total. The number of rotatable bonds is 13. The van der Waals surface area contributed by atoms with Crippen LogP contribution in [-0.2, 0) is 17.8 Å². The van der Waals surface area contributed by atoms with E-state index in [9.17, 15) is 9.90 Å². The Morgan fingerprint density at radius 3 is 2.39 bits per heavy atom. The smallest absolute Gasteiger partial charge is 0.407 e. The Balaban J connectivity index is 0.825. The van der Waals surface area contributed by atoms with Gasteiger partial charge in [-0.05, 0) is 100 Å². The molecular formula is C47H60N10O3S. The first kappa shape index (κ1) is 42.3. The number of hydrogen-bond donors (Lipinski definition) is 3. The molecule has 13 nitrogen and oxygen atoms in total. The number of benzene rings is 3. The molecule has 0 saturated carbocycles. The SMILES string of the molecule is Cc1ncsc1-c1ccc(CNC(=O)OC(C)(C)C)c(N(C)CCCN2C3CCC2CN(c2ccc(CN4CCN(c5cc(-c6ccccc6O)nnc5N)CC4)cc2)C3)c1. The summed E-state index contributed by atoms with van der Waals surface area (Å²) < 4.78 is 5.52. The molecule has 2 atom stereocenters. The van der Waals surface area contributed by atoms with Gasteiger partial charge in [0.2, 0.25) is 0 Å². The molecule has 322 valence electrons. The Kier molecular flexibility index (Phi) is 12.7. The highest BCUT2D eigenvalue weighted by Crippen LogP contribution is 2.36. The largest absolute Gasteiger partial charge is 0.507 e. The Bertz CT molecular complexity index is 2270. The van der Waals surface area contributed by atoms with Crippen molar-refractivity contribution in [2.45, 2.75) is 77.7 Å². The number of phenolic OH excluding ortho intramolecular Hbond substituents is 1. The first-order chi connectivity index (χ1) is 29.4. The molecule has 1 amide bonds. The van der Waals surface area contributed by atoms with Crippen LogP contribution in [0, 0.1) is 6.92 Å². The van der Waals surface area contributed by atoms with Gasteiger partial charge in [-0.1, -0.05) is 36.4 Å². The molecular weight excluding hydrogens is 785 g/mol. The molecule has 0 radical (unpaired) electrons. The third-order valence-electron chi connectivity index (χ3n) is 12.3. The average molecular weight is 845 g/mol. The number of phenols is 1. The number of nitrogens with one attached hydrogen (secondary N) is 1. The quantitative estimate of drug-likeness (QED) is 0.109. The lowest BCUT2D eigenvalue weighted by atomic mass is 10.1. The van der Waals surface area contributed by atoms with Gasteiger partial charge in [-0.3, -0.25) is 9.80 Å². The summed E-state index contributed by atoms with van der Waals surface area (Å²) in [5, 5.41) is 21.8. The van der Waals surface area contributed by atoms with Crippen molar-refractivity contribution in [3.63, 3.8) is 0 Å². The van der Waals surface area contributed by atoms with E-state index in [1.54, 1.807) is 23.5 Å². The first-order valence-corrected chi connectivity index (χ1v) is 22.5. The average Bonchev–Trinajstić information content (AvgIpc) is 3.77. The fraction of sp³-hybridized carbons (Fsp3) is 0.447. The van der Waals surface area contributed by atoms with Crippen molar-refractivity contribution in [3.05, 3.63) is 95.1 Å². The van der Waals surface area contributed by atoms with Crippen molar-refractivity contribution in [2.24, 2.45) is 0 Å². The predicted octanol–water partition coefficient (Wildman–Crippen LogP) is 7.39. The topological polar surface area (TPSA) is 139 Å². The van der Waals surface area contributed by atoms with Crippen LogP contribution in [0.4, 0.5) is 27.7 Å². The van der Waals surface area contributed by atoms with Gasteiger partial charge in [0, 0.05) is 102 Å². The molecule has 61 heavy (non-hydrogen) atoms. The van der Waals surface area contributed by atoms with Gasteiger partial charge in [-0.15, -0.1) is 21.5 Å². The Hall–Kier alpha value is -5.44. The maximum atomic E-state index is 12.6. The monoisotopic (exact) mass is 844 g/mol. The minimum absolute atomic E-state index is 0.179. The summed E-state index contributed by atoms with van der Waals surface area (Å²) in [6.07, 6.45) is 3.14. The summed E-state index contributed by atoms with van der Waals surface area (Å²) in [5.74, 6) is 0.587. The molecule has 5 aromatic rings. The first-order valence-electron chi connectivity index (χ1n) is 21.6. The van der Waals surface area contributed by atoms with E-state index in [1.807, 2.05) is 44.5 Å². The Morgan fingerprint density at radius 1 is 0.967 bits per heavy atom. The molecule has 3 saturated heterocycles. The molecule has 2 bridgehead atoms. The van der Waals surface area contributed by atoms with Gasteiger partial charge in [-0.25, -0.2) is 9.78 Å². The molecule has 3 aromatic carbocycles. The lowest BCUT2D eigenvalue weighted by molar-refractivity contribution is 0.0523. The van der Waals surface area contributed by atoms with E-state index in [4.69, 9.17) is 10.5 Å². The predicted molar refractivity (Wildman–Crippen MR) is 246 cm³/mol. The second-order valence-corrected chi connectivity index (χ2v) is 18.6. The molecule has 2 unspecified atom stereocenters. The van der Waals surface area contributed by atoms with Gasteiger partial charge >= 0.3 is 6.09 Å². The van der Waals surface area contributed by atoms with Gasteiger partial charge in [0.05, 0.1) is 27.5 Å². The molecule has 3 aliphatic rings. The van der Waals surface area contributed by atoms with E-state index >= 15 is 0 Å². The molecule has 5 heterocycles. The zero-order valence-electron chi connectivity index (χ0n) is 36.2. The van der Waals surface area contributed by atoms with Crippen molar-refractivity contribution < 1.29 is 14.6 Å². The van der Waals surface area contributed by atoms with Crippen LogP contribution in [0.15, 0.2) is 78.3 Å². The van der Waals surface area contributed by atoms with E-state index in [1.165, 1.54) is 29.0 Å². The van der Waals surface area contributed by atoms with Crippen molar-refractivity contribution in [1.29, 1.82) is 0 Å². The van der Waals surface area contributed by atoms with Crippen LogP contribution in [-0.4, -0.2) is 113 Å². The number of ether oxygens (including phenoxy) is 1. The van der Waals surface area contributed by atoms with E-state index in [0.717, 1.165) is 93.5 Å². The van der Waals surface area contributed by atoms with Crippen LogP contribution in [0.1, 0.15) is 56.9 Å². The minimum Gasteiger partial charge on any atom is -0.507 e. The third-order valence-corrected chi connectivity index (χ3v) is 13.2. The van der Waals surface area contributed by atoms with E-state index in [2.05, 4.69) is 101 Å². The number of amides is 1. The van der Waals surface area contributed by atoms with E-state index < -0.39 is 11.7 Å². The number of thiazole rings is 1. The third kappa shape index (κ3) is 10.0. The molecule has 14 heteroatoms. The lowest BCUT2D eigenvalue weighted by Gasteiger charge is -2.42. The highest BCUT2D eigenvalue weighted by Gasteiger charge is 2.39. The number of aromatic hydroxyl groups is 1. The van der Waals surface area contributed by atoms with Crippen molar-refractivity contribution in [1.82, 2.24) is 30.3 Å². The number of nitrogens with two attached hydrogens (primary N) is 1. The number of aromatic nitrogens is 3. The number of alkyl carbamates (subject to hydrolysis) is 1. The van der Waals surface area contributed by atoms with Crippen LogP contribution in [0.5, 0.6) is 5.75 Å². The van der Waals surface area contributed by atoms with Gasteiger partial charge in [0.15, 0.2) is 5.82 Å². The Labute approximate surface area is 364 Å². The standard InChI is InChI=1S/C47H60N10O3S/c1-32-44(61-31-50-32)34-13-14-35(27-49-46(59)60-47(2,3)4)41(25-34)53(5)19-8-20-57-37-17-18-38(57)30-56(29-37)36-15-11-33(12-16-36)28-54-21-23-55(24-22-54)42-26-40(51-52-45(42)48)39-9-6-7-10-43(39)58/h6-7,9-16,25-26,31,37-38,58H,8,17-24,27-30H2,1-5H3,(H2,48,52)(H,49,59). The van der Waals surface area contributed by atoms with E-state index in [0.29, 0.717) is 35.7 Å². The molecule has 2 aromatic heterocycles. The molecule has 3 aliphatic heterocycles. The summed E-state index contributed by atoms with van der Waals surface area (Å²) in [6.45, 7) is 16.6. The van der Waals surface area contributed by atoms with Crippen molar-refractivity contribution in [2.75, 3.05) is 79.8 Å². The minimum atomic E-state index is -0.550. The number of hydrogen-bond acceptors (Lipinski definition) is 13. The maximum Gasteiger partial charge on any atom is 0.407 e. The van der Waals surface area contributed by atoms with Crippen LogP contribution < -0.4 is 25.8 Å². The van der Waals surface area contributed by atoms with Gasteiger partial charge < -0.3 is 35.6 Å². The second kappa shape index (κ2) is 18.3. The number of anilines is 4. The van der Waals surface area contributed by atoms with Crippen LogP contribution in [0.25, 0.3) is 21.7 Å². The highest BCUT2D eigenvalue weighted by atomic mass is 32.1. The zero-order chi connectivity index (χ0) is 42.7. The van der Waals surface area contributed by atoms with E-state index in [-0.39, 0.29) is 5.75 Å². The number of fused-ring (bicyclic) bond motifs is 2. The number of carbonyl (C=O) groups is 1. The summed E-state index contributed by atoms with van der Waals surface area (Å²) in [6, 6.07) is 26.0. The summed E-state index contributed by atoms with van der Waals surface area (Å²) >= 11 is 1.66. The number of nitrogens with zero attached hydrogens (tertiary/aromatic N) is 8.